The zero-order valence-electron chi connectivity index (χ0n) is 10.6. The van der Waals surface area contributed by atoms with E-state index in [4.69, 9.17) is 5.84 Å². The van der Waals surface area contributed by atoms with E-state index in [1.54, 1.807) is 6.20 Å². The second kappa shape index (κ2) is 5.46. The van der Waals surface area contributed by atoms with Crippen LogP contribution in [-0.4, -0.2) is 17.0 Å². The summed E-state index contributed by atoms with van der Waals surface area (Å²) < 4.78 is 0. The molecule has 2 rings (SSSR count). The van der Waals surface area contributed by atoms with Gasteiger partial charge >= 0.3 is 0 Å². The van der Waals surface area contributed by atoms with Crippen molar-refractivity contribution in [3.8, 4) is 0 Å². The number of nitrogens with zero attached hydrogens (tertiary/aromatic N) is 3. The third kappa shape index (κ3) is 2.95. The van der Waals surface area contributed by atoms with E-state index in [-0.39, 0.29) is 0 Å². The summed E-state index contributed by atoms with van der Waals surface area (Å²) in [5.41, 5.74) is 4.95. The Kier molecular flexibility index (Phi) is 3.74. The predicted molar refractivity (Wildman–Crippen MR) is 73.1 cm³/mol. The highest BCUT2D eigenvalue weighted by molar-refractivity contribution is 5.42. The molecule has 2 aromatic rings. The molecule has 94 valence electrons. The van der Waals surface area contributed by atoms with Gasteiger partial charge < -0.3 is 4.90 Å². The highest BCUT2D eigenvalue weighted by Gasteiger charge is 2.04. The molecule has 3 N–H and O–H groups in total. The smallest absolute Gasteiger partial charge is 0.239 e. The quantitative estimate of drug-likeness (QED) is 0.632. The van der Waals surface area contributed by atoms with Crippen LogP contribution in [0.2, 0.25) is 0 Å². The molecule has 1 heterocycles. The van der Waals surface area contributed by atoms with Gasteiger partial charge in [0.1, 0.15) is 5.82 Å². The number of benzene rings is 1. The van der Waals surface area contributed by atoms with Gasteiger partial charge in [-0.05, 0) is 18.6 Å². The van der Waals surface area contributed by atoms with E-state index in [2.05, 4.69) is 46.6 Å². The summed E-state index contributed by atoms with van der Waals surface area (Å²) in [7, 11) is 1.99. The van der Waals surface area contributed by atoms with E-state index in [1.165, 1.54) is 11.1 Å². The number of hydrazine groups is 1. The molecule has 5 nitrogen and oxygen atoms in total. The van der Waals surface area contributed by atoms with Crippen molar-refractivity contribution < 1.29 is 0 Å². The molecule has 1 aromatic heterocycles. The zero-order valence-corrected chi connectivity index (χ0v) is 10.6. The van der Waals surface area contributed by atoms with Crippen molar-refractivity contribution in [3.63, 3.8) is 0 Å². The molecule has 0 amide bonds. The Morgan fingerprint density at radius 1 is 1.22 bits per heavy atom. The molecular formula is C13H17N5. The van der Waals surface area contributed by atoms with E-state index in [0.717, 1.165) is 12.4 Å². The zero-order chi connectivity index (χ0) is 13.0. The average Bonchev–Trinajstić information content (AvgIpc) is 2.41. The van der Waals surface area contributed by atoms with Gasteiger partial charge in [0.25, 0.3) is 0 Å². The number of rotatable bonds is 4. The maximum atomic E-state index is 5.29. The molecule has 0 atom stereocenters. The Morgan fingerprint density at radius 2 is 1.94 bits per heavy atom. The normalized spacial score (nSPS) is 10.2. The number of nitrogens with one attached hydrogen (secondary N) is 1. The minimum absolute atomic E-state index is 0.420. The van der Waals surface area contributed by atoms with E-state index >= 15 is 0 Å². The molecule has 0 aliphatic carbocycles. The van der Waals surface area contributed by atoms with Crippen LogP contribution in [0.25, 0.3) is 0 Å². The van der Waals surface area contributed by atoms with Gasteiger partial charge in [0.15, 0.2) is 0 Å². The van der Waals surface area contributed by atoms with Crippen molar-refractivity contribution in [2.24, 2.45) is 5.84 Å². The lowest BCUT2D eigenvalue weighted by Crippen LogP contribution is -2.19. The van der Waals surface area contributed by atoms with Gasteiger partial charge in [-0.2, -0.15) is 4.98 Å². The number of aromatic nitrogens is 2. The lowest BCUT2D eigenvalue weighted by molar-refractivity contribution is 0.890. The first-order chi connectivity index (χ1) is 8.69. The van der Waals surface area contributed by atoms with Crippen molar-refractivity contribution >= 4 is 11.8 Å². The number of anilines is 2. The van der Waals surface area contributed by atoms with E-state index < -0.39 is 0 Å². The van der Waals surface area contributed by atoms with Crippen LogP contribution in [0.3, 0.4) is 0 Å². The molecular weight excluding hydrogens is 226 g/mol. The van der Waals surface area contributed by atoms with E-state index in [1.807, 2.05) is 18.0 Å². The molecule has 0 saturated heterocycles. The summed E-state index contributed by atoms with van der Waals surface area (Å²) in [6.07, 6.45) is 1.68. The first-order valence-corrected chi connectivity index (χ1v) is 5.75. The van der Waals surface area contributed by atoms with Crippen LogP contribution < -0.4 is 16.2 Å². The highest BCUT2D eigenvalue weighted by atomic mass is 15.3. The van der Waals surface area contributed by atoms with Crippen molar-refractivity contribution in [1.29, 1.82) is 0 Å². The van der Waals surface area contributed by atoms with Crippen LogP contribution in [0.15, 0.2) is 36.5 Å². The molecule has 0 spiro atoms. The first kappa shape index (κ1) is 12.3. The molecule has 0 fully saturated rings. The fraction of sp³-hybridized carbons (Fsp3) is 0.231. The van der Waals surface area contributed by atoms with Crippen molar-refractivity contribution in [2.45, 2.75) is 13.5 Å². The summed E-state index contributed by atoms with van der Waals surface area (Å²) in [4.78, 5) is 10.3. The fourth-order valence-corrected chi connectivity index (χ4v) is 1.68. The van der Waals surface area contributed by atoms with Crippen LogP contribution in [0, 0.1) is 6.92 Å². The Balaban J connectivity index is 2.11. The standard InChI is InChI=1S/C13H17N5/c1-10-3-5-11(6-4-10)9-18(2)12-7-8-15-13(16-12)17-14/h3-8H,9,14H2,1-2H3,(H,15,16,17). The summed E-state index contributed by atoms with van der Waals surface area (Å²) in [6, 6.07) is 10.3. The lowest BCUT2D eigenvalue weighted by atomic mass is 10.1. The van der Waals surface area contributed by atoms with Crippen LogP contribution in [-0.2, 0) is 6.54 Å². The molecule has 1 aromatic carbocycles. The van der Waals surface area contributed by atoms with Gasteiger partial charge in [-0.15, -0.1) is 0 Å². The van der Waals surface area contributed by atoms with E-state index in [9.17, 15) is 0 Å². The number of hydrogen-bond acceptors (Lipinski definition) is 5. The Hall–Kier alpha value is -2.14. The molecule has 0 saturated carbocycles. The minimum Gasteiger partial charge on any atom is -0.355 e. The maximum absolute atomic E-state index is 5.29. The summed E-state index contributed by atoms with van der Waals surface area (Å²) in [6.45, 7) is 2.87. The van der Waals surface area contributed by atoms with Crippen LogP contribution in [0.4, 0.5) is 11.8 Å². The van der Waals surface area contributed by atoms with Crippen LogP contribution in [0.1, 0.15) is 11.1 Å². The third-order valence-corrected chi connectivity index (χ3v) is 2.70. The predicted octanol–water partition coefficient (Wildman–Crippen LogP) is 1.71. The van der Waals surface area contributed by atoms with Crippen LogP contribution in [0.5, 0.6) is 0 Å². The van der Waals surface area contributed by atoms with Gasteiger partial charge in [-0.25, -0.2) is 10.8 Å². The molecule has 0 radical (unpaired) electrons. The first-order valence-electron chi connectivity index (χ1n) is 5.75. The second-order valence-corrected chi connectivity index (χ2v) is 4.22. The van der Waals surface area contributed by atoms with Gasteiger partial charge in [-0.1, -0.05) is 29.8 Å². The second-order valence-electron chi connectivity index (χ2n) is 4.22. The molecule has 0 aliphatic rings. The SMILES string of the molecule is Cc1ccc(CN(C)c2ccnc(NN)n2)cc1. The third-order valence-electron chi connectivity index (χ3n) is 2.70. The number of nitrogen functional groups attached to an aromatic ring is 1. The van der Waals surface area contributed by atoms with Gasteiger partial charge in [0.2, 0.25) is 5.95 Å². The van der Waals surface area contributed by atoms with Gasteiger partial charge in [-0.3, -0.25) is 5.43 Å². The summed E-state index contributed by atoms with van der Waals surface area (Å²) in [5.74, 6) is 6.55. The molecule has 5 heteroatoms. The number of hydrogen-bond donors (Lipinski definition) is 2. The maximum Gasteiger partial charge on any atom is 0.239 e. The Labute approximate surface area is 107 Å². The summed E-state index contributed by atoms with van der Waals surface area (Å²) in [5, 5.41) is 0. The largest absolute Gasteiger partial charge is 0.355 e. The minimum atomic E-state index is 0.420. The van der Waals surface area contributed by atoms with Crippen molar-refractivity contribution in [1.82, 2.24) is 9.97 Å². The fourth-order valence-electron chi connectivity index (χ4n) is 1.68. The molecule has 0 unspecified atom stereocenters. The summed E-state index contributed by atoms with van der Waals surface area (Å²) >= 11 is 0. The lowest BCUT2D eigenvalue weighted by Gasteiger charge is -2.18. The van der Waals surface area contributed by atoms with Gasteiger partial charge in [0.05, 0.1) is 0 Å². The Bertz CT molecular complexity index is 509. The molecule has 0 aliphatic heterocycles. The number of nitrogens with two attached hydrogens (primary N) is 1. The van der Waals surface area contributed by atoms with Crippen molar-refractivity contribution in [3.05, 3.63) is 47.7 Å². The van der Waals surface area contributed by atoms with Crippen molar-refractivity contribution in [2.75, 3.05) is 17.4 Å². The topological polar surface area (TPSA) is 67.1 Å². The molecule has 18 heavy (non-hydrogen) atoms. The number of aryl methyl sites for hydroxylation is 1. The highest BCUT2D eigenvalue weighted by Crippen LogP contribution is 2.13. The molecule has 0 bridgehead atoms. The van der Waals surface area contributed by atoms with Gasteiger partial charge in [0, 0.05) is 19.8 Å². The average molecular weight is 243 g/mol. The Morgan fingerprint density at radius 3 is 2.61 bits per heavy atom. The monoisotopic (exact) mass is 243 g/mol. The van der Waals surface area contributed by atoms with E-state index in [0.29, 0.717) is 5.95 Å². The van der Waals surface area contributed by atoms with Crippen LogP contribution >= 0.6 is 0 Å².